The van der Waals surface area contributed by atoms with Gasteiger partial charge in [-0.2, -0.15) is 10.1 Å². The molecule has 2 heterocycles. The summed E-state index contributed by atoms with van der Waals surface area (Å²) in [7, 11) is 0. The molecule has 5 rings (SSSR count). The SMILES string of the molecule is Nc1nc(NC2CC3CC(O)CC3C2)c2ccc(-c3ccn[nH]3)cc2n1. The minimum Gasteiger partial charge on any atom is -0.393 e. The third kappa shape index (κ3) is 2.68. The molecule has 2 fully saturated rings. The number of fused-ring (bicyclic) bond motifs is 2. The Balaban J connectivity index is 1.44. The van der Waals surface area contributed by atoms with E-state index in [-0.39, 0.29) is 12.1 Å². The first-order valence-corrected chi connectivity index (χ1v) is 9.17. The summed E-state index contributed by atoms with van der Waals surface area (Å²) in [5.74, 6) is 2.32. The van der Waals surface area contributed by atoms with Crippen molar-refractivity contribution < 1.29 is 5.11 Å². The summed E-state index contributed by atoms with van der Waals surface area (Å²) in [6.45, 7) is 0. The van der Waals surface area contributed by atoms with Gasteiger partial charge in [0, 0.05) is 23.2 Å². The van der Waals surface area contributed by atoms with Gasteiger partial charge in [-0.1, -0.05) is 6.07 Å². The molecule has 26 heavy (non-hydrogen) atoms. The predicted octanol–water partition coefficient (Wildman–Crippen LogP) is 2.56. The van der Waals surface area contributed by atoms with Crippen LogP contribution in [0.5, 0.6) is 0 Å². The minimum absolute atomic E-state index is 0.109. The monoisotopic (exact) mass is 350 g/mol. The van der Waals surface area contributed by atoms with Crippen molar-refractivity contribution in [3.63, 3.8) is 0 Å². The number of aromatic amines is 1. The van der Waals surface area contributed by atoms with E-state index >= 15 is 0 Å². The van der Waals surface area contributed by atoms with Crippen LogP contribution in [-0.4, -0.2) is 37.4 Å². The van der Waals surface area contributed by atoms with Gasteiger partial charge >= 0.3 is 0 Å². The summed E-state index contributed by atoms with van der Waals surface area (Å²) in [4.78, 5) is 8.86. The fourth-order valence-corrected chi connectivity index (χ4v) is 4.74. The predicted molar refractivity (Wildman–Crippen MR) is 100 cm³/mol. The van der Waals surface area contributed by atoms with Gasteiger partial charge in [0.15, 0.2) is 0 Å². The van der Waals surface area contributed by atoms with Crippen molar-refractivity contribution in [3.8, 4) is 11.3 Å². The number of anilines is 2. The van der Waals surface area contributed by atoms with Gasteiger partial charge in [0.2, 0.25) is 5.95 Å². The Morgan fingerprint density at radius 1 is 1.08 bits per heavy atom. The quantitative estimate of drug-likeness (QED) is 0.577. The molecule has 134 valence electrons. The van der Waals surface area contributed by atoms with Crippen LogP contribution in [0.3, 0.4) is 0 Å². The number of nitrogen functional groups attached to an aromatic ring is 1. The van der Waals surface area contributed by atoms with E-state index in [0.29, 0.717) is 17.9 Å². The zero-order valence-electron chi connectivity index (χ0n) is 14.4. The van der Waals surface area contributed by atoms with Crippen LogP contribution in [0, 0.1) is 11.8 Å². The number of aromatic nitrogens is 4. The molecule has 0 amide bonds. The van der Waals surface area contributed by atoms with Crippen molar-refractivity contribution in [2.75, 3.05) is 11.1 Å². The first-order chi connectivity index (χ1) is 12.7. The molecule has 0 saturated heterocycles. The second-order valence-corrected chi connectivity index (χ2v) is 7.59. The van der Waals surface area contributed by atoms with Crippen LogP contribution in [0.2, 0.25) is 0 Å². The first-order valence-electron chi connectivity index (χ1n) is 9.17. The summed E-state index contributed by atoms with van der Waals surface area (Å²) >= 11 is 0. The van der Waals surface area contributed by atoms with Crippen LogP contribution in [0.25, 0.3) is 22.2 Å². The maximum Gasteiger partial charge on any atom is 0.222 e. The summed E-state index contributed by atoms with van der Waals surface area (Å²) in [5, 5.41) is 21.4. The highest BCUT2D eigenvalue weighted by molar-refractivity contribution is 5.92. The Kier molecular flexibility index (Phi) is 3.56. The number of H-pyrrole nitrogens is 1. The van der Waals surface area contributed by atoms with E-state index in [2.05, 4.69) is 25.5 Å². The number of aliphatic hydroxyl groups excluding tert-OH is 1. The molecular formula is C19H22N6O. The maximum absolute atomic E-state index is 9.83. The summed E-state index contributed by atoms with van der Waals surface area (Å²) in [6.07, 6.45) is 5.65. The molecule has 0 spiro atoms. The number of nitrogens with zero attached hydrogens (tertiary/aromatic N) is 3. The van der Waals surface area contributed by atoms with E-state index in [4.69, 9.17) is 5.73 Å². The molecule has 1 aromatic carbocycles. The van der Waals surface area contributed by atoms with E-state index in [1.807, 2.05) is 24.3 Å². The zero-order valence-corrected chi connectivity index (χ0v) is 14.4. The molecule has 2 aliphatic carbocycles. The molecular weight excluding hydrogens is 328 g/mol. The van der Waals surface area contributed by atoms with Crippen molar-refractivity contribution in [2.24, 2.45) is 11.8 Å². The lowest BCUT2D eigenvalue weighted by molar-refractivity contribution is 0.171. The summed E-state index contributed by atoms with van der Waals surface area (Å²) < 4.78 is 0. The van der Waals surface area contributed by atoms with Gasteiger partial charge in [-0.25, -0.2) is 4.98 Å². The van der Waals surface area contributed by atoms with Crippen LogP contribution in [0.15, 0.2) is 30.5 Å². The third-order valence-electron chi connectivity index (χ3n) is 5.86. The number of hydrogen-bond acceptors (Lipinski definition) is 6. The Morgan fingerprint density at radius 2 is 1.88 bits per heavy atom. The van der Waals surface area contributed by atoms with Crippen LogP contribution < -0.4 is 11.1 Å². The average Bonchev–Trinajstić information content (AvgIpc) is 3.30. The smallest absolute Gasteiger partial charge is 0.222 e. The minimum atomic E-state index is -0.109. The number of nitrogens with two attached hydrogens (primary N) is 1. The lowest BCUT2D eigenvalue weighted by Gasteiger charge is -2.17. The first kappa shape index (κ1) is 15.6. The van der Waals surface area contributed by atoms with Gasteiger partial charge < -0.3 is 16.2 Å². The van der Waals surface area contributed by atoms with Gasteiger partial charge in [0.25, 0.3) is 0 Å². The molecule has 0 radical (unpaired) electrons. The normalized spacial score (nSPS) is 27.7. The number of hydrogen-bond donors (Lipinski definition) is 4. The van der Waals surface area contributed by atoms with Crippen LogP contribution >= 0.6 is 0 Å². The number of rotatable bonds is 3. The molecule has 2 saturated carbocycles. The molecule has 0 bridgehead atoms. The van der Waals surface area contributed by atoms with E-state index in [9.17, 15) is 5.11 Å². The fourth-order valence-electron chi connectivity index (χ4n) is 4.74. The third-order valence-corrected chi connectivity index (χ3v) is 5.86. The highest BCUT2D eigenvalue weighted by atomic mass is 16.3. The van der Waals surface area contributed by atoms with E-state index in [0.717, 1.165) is 53.7 Å². The van der Waals surface area contributed by atoms with Gasteiger partial charge in [0.05, 0.1) is 17.3 Å². The lowest BCUT2D eigenvalue weighted by Crippen LogP contribution is -2.19. The molecule has 2 aromatic heterocycles. The topological polar surface area (TPSA) is 113 Å². The Labute approximate surface area is 151 Å². The van der Waals surface area contributed by atoms with Crippen LogP contribution in [-0.2, 0) is 0 Å². The highest BCUT2D eigenvalue weighted by Crippen LogP contribution is 2.45. The summed E-state index contributed by atoms with van der Waals surface area (Å²) in [6, 6.07) is 8.39. The second-order valence-electron chi connectivity index (χ2n) is 7.59. The van der Waals surface area contributed by atoms with Crippen molar-refractivity contribution in [1.82, 2.24) is 20.2 Å². The second kappa shape index (κ2) is 5.95. The molecule has 2 atom stereocenters. The molecule has 2 aliphatic rings. The van der Waals surface area contributed by atoms with E-state index in [1.54, 1.807) is 6.20 Å². The molecule has 0 aliphatic heterocycles. The van der Waals surface area contributed by atoms with Crippen molar-refractivity contribution in [2.45, 2.75) is 37.8 Å². The Bertz CT molecular complexity index is 927. The van der Waals surface area contributed by atoms with Crippen LogP contribution in [0.1, 0.15) is 25.7 Å². The lowest BCUT2D eigenvalue weighted by atomic mass is 10.0. The van der Waals surface area contributed by atoms with Gasteiger partial charge in [-0.05, 0) is 55.7 Å². The number of benzene rings is 1. The highest BCUT2D eigenvalue weighted by Gasteiger charge is 2.41. The Morgan fingerprint density at radius 3 is 2.62 bits per heavy atom. The van der Waals surface area contributed by atoms with Gasteiger partial charge in [-0.15, -0.1) is 0 Å². The average molecular weight is 350 g/mol. The molecule has 7 nitrogen and oxygen atoms in total. The number of nitrogens with one attached hydrogen (secondary N) is 2. The largest absolute Gasteiger partial charge is 0.393 e. The molecule has 2 unspecified atom stereocenters. The van der Waals surface area contributed by atoms with Crippen molar-refractivity contribution in [3.05, 3.63) is 30.5 Å². The van der Waals surface area contributed by atoms with Gasteiger partial charge in [-0.3, -0.25) is 5.10 Å². The van der Waals surface area contributed by atoms with Gasteiger partial charge in [0.1, 0.15) is 5.82 Å². The van der Waals surface area contributed by atoms with E-state index < -0.39 is 0 Å². The molecule has 3 aromatic rings. The van der Waals surface area contributed by atoms with E-state index in [1.165, 1.54) is 0 Å². The molecule has 7 heteroatoms. The zero-order chi connectivity index (χ0) is 17.7. The Hall–Kier alpha value is -2.67. The maximum atomic E-state index is 9.83. The fraction of sp³-hybridized carbons (Fsp3) is 0.421. The standard InChI is InChI=1S/C19H22N6O/c20-19-23-17-9-10(16-3-4-21-25-16)1-2-15(17)18(24-19)22-13-5-11-7-14(26)8-12(11)6-13/h1-4,9,11-14,26H,5-8H2,(H,21,25)(H3,20,22,23,24). The number of aliphatic hydroxyl groups is 1. The van der Waals surface area contributed by atoms with Crippen molar-refractivity contribution >= 4 is 22.7 Å². The summed E-state index contributed by atoms with van der Waals surface area (Å²) in [5.41, 5.74) is 8.74. The van der Waals surface area contributed by atoms with Crippen molar-refractivity contribution in [1.29, 1.82) is 0 Å². The molecule has 5 N–H and O–H groups in total. The van der Waals surface area contributed by atoms with Crippen LogP contribution in [0.4, 0.5) is 11.8 Å².